The lowest BCUT2D eigenvalue weighted by Crippen LogP contribution is -2.63. The van der Waals surface area contributed by atoms with Crippen molar-refractivity contribution in [2.75, 3.05) is 0 Å². The van der Waals surface area contributed by atoms with Gasteiger partial charge in [-0.25, -0.2) is 4.79 Å². The molecule has 2 amide bonds. The Bertz CT molecular complexity index is 727. The van der Waals surface area contributed by atoms with Crippen molar-refractivity contribution in [3.8, 4) is 0 Å². The molecule has 1 atom stereocenters. The topological polar surface area (TPSA) is 90.9 Å². The van der Waals surface area contributed by atoms with Gasteiger partial charge in [0.15, 0.2) is 0 Å². The lowest BCUT2D eigenvalue weighted by atomic mass is 9.77. The quantitative estimate of drug-likeness (QED) is 0.415. The number of piperidine rings is 1. The van der Waals surface area contributed by atoms with E-state index < -0.39 is 28.2 Å². The van der Waals surface area contributed by atoms with Gasteiger partial charge in [-0.2, -0.15) is 5.06 Å². The predicted octanol–water partition coefficient (Wildman–Crippen LogP) is 5.57. The fraction of sp³-hybridized carbons (Fsp3) is 0.852. The first-order valence-electron chi connectivity index (χ1n) is 12.9. The average Bonchev–Trinajstić information content (AvgIpc) is 3.12. The molecular formula is C27H49N3O4. The van der Waals surface area contributed by atoms with Crippen molar-refractivity contribution in [2.24, 2.45) is 11.3 Å². The number of rotatable bonds is 7. The number of carbonyl (C=O) groups excluding carboxylic acids is 2. The summed E-state index contributed by atoms with van der Waals surface area (Å²) in [5.41, 5.74) is -1.96. The molecule has 1 heterocycles. The first-order valence-corrected chi connectivity index (χ1v) is 12.9. The van der Waals surface area contributed by atoms with Crippen LogP contribution >= 0.6 is 0 Å². The Labute approximate surface area is 207 Å². The van der Waals surface area contributed by atoms with Gasteiger partial charge in [0, 0.05) is 17.1 Å². The molecule has 2 rings (SSSR count). The largest absolute Gasteiger partial charge is 0.444 e. The number of nitrogens with one attached hydrogen (secondary N) is 2. The van der Waals surface area contributed by atoms with Crippen LogP contribution in [0.3, 0.4) is 0 Å². The summed E-state index contributed by atoms with van der Waals surface area (Å²) in [7, 11) is 0. The summed E-state index contributed by atoms with van der Waals surface area (Å²) in [6, 6.07) is -0.200. The maximum absolute atomic E-state index is 13.6. The summed E-state index contributed by atoms with van der Waals surface area (Å²) in [6.45, 7) is 17.8. The highest BCUT2D eigenvalue weighted by atomic mass is 16.6. The molecule has 196 valence electrons. The minimum atomic E-state index is -0.561. The van der Waals surface area contributed by atoms with Crippen LogP contribution in [0.2, 0.25) is 0 Å². The molecule has 0 bridgehead atoms. The predicted molar refractivity (Wildman–Crippen MR) is 136 cm³/mol. The molecule has 0 aromatic heterocycles. The average molecular weight is 480 g/mol. The van der Waals surface area contributed by atoms with E-state index in [1.54, 1.807) is 0 Å². The van der Waals surface area contributed by atoms with Crippen molar-refractivity contribution in [1.29, 1.82) is 0 Å². The lowest BCUT2D eigenvalue weighted by Gasteiger charge is -2.51. The third-order valence-electron chi connectivity index (χ3n) is 7.00. The molecule has 2 fully saturated rings. The molecule has 2 aliphatic rings. The zero-order chi connectivity index (χ0) is 25.9. The van der Waals surface area contributed by atoms with Gasteiger partial charge in [-0.3, -0.25) is 4.79 Å². The number of alkyl carbamates (subject to hydrolysis) is 1. The van der Waals surface area contributed by atoms with Gasteiger partial charge in [0.2, 0.25) is 5.91 Å². The van der Waals surface area contributed by atoms with Gasteiger partial charge in [0.25, 0.3) is 0 Å². The Balaban J connectivity index is 2.17. The second-order valence-corrected chi connectivity index (χ2v) is 13.1. The van der Waals surface area contributed by atoms with Crippen LogP contribution in [-0.4, -0.2) is 51.0 Å². The number of amides is 2. The maximum Gasteiger partial charge on any atom is 0.408 e. The van der Waals surface area contributed by atoms with Gasteiger partial charge in [-0.15, -0.1) is 0 Å². The summed E-state index contributed by atoms with van der Waals surface area (Å²) in [4.78, 5) is 26.0. The van der Waals surface area contributed by atoms with Crippen molar-refractivity contribution in [1.82, 2.24) is 15.7 Å². The van der Waals surface area contributed by atoms with Crippen LogP contribution in [0.25, 0.3) is 0 Å². The van der Waals surface area contributed by atoms with Crippen LogP contribution in [0.1, 0.15) is 107 Å². The Kier molecular flexibility index (Phi) is 8.90. The number of carbonyl (C=O) groups is 2. The van der Waals surface area contributed by atoms with E-state index >= 15 is 0 Å². The Morgan fingerprint density at radius 3 is 2.09 bits per heavy atom. The van der Waals surface area contributed by atoms with E-state index in [1.165, 1.54) is 5.06 Å². The van der Waals surface area contributed by atoms with Crippen LogP contribution in [0.4, 0.5) is 4.79 Å². The van der Waals surface area contributed by atoms with Crippen molar-refractivity contribution < 1.29 is 19.5 Å². The standard InChI is InChI=1S/C27H49N3O4/c1-19(2)16-20(29-23(32)34-24(3,4)5)12-15-27(13-10-11-14-27)22(31)28-21-17-25(6,7)30(33)26(8,9)18-21/h12,15,19-21,33H,10-11,13-14,16-18H2,1-9H3,(H,28,31)(H,29,32)/b15-12+/t20-/m1/s1. The molecule has 7 heteroatoms. The van der Waals surface area contributed by atoms with Crippen molar-refractivity contribution in [2.45, 2.75) is 136 Å². The van der Waals surface area contributed by atoms with Crippen LogP contribution in [-0.2, 0) is 9.53 Å². The van der Waals surface area contributed by atoms with E-state index in [-0.39, 0.29) is 18.0 Å². The number of hydroxylamine groups is 2. The SMILES string of the molecule is CC(C)C[C@@H](/C=C/C1(C(=O)NC2CC(C)(C)N(O)C(C)(C)C2)CCCC1)NC(=O)OC(C)(C)C. The highest BCUT2D eigenvalue weighted by Gasteiger charge is 2.47. The second-order valence-electron chi connectivity index (χ2n) is 13.1. The minimum absolute atomic E-state index is 0.00174. The molecule has 0 aromatic carbocycles. The van der Waals surface area contributed by atoms with Gasteiger partial charge in [0.1, 0.15) is 5.60 Å². The van der Waals surface area contributed by atoms with E-state index in [0.29, 0.717) is 18.8 Å². The van der Waals surface area contributed by atoms with Gasteiger partial charge in [0.05, 0.1) is 11.5 Å². The number of hydrogen-bond donors (Lipinski definition) is 3. The molecular weight excluding hydrogens is 430 g/mol. The number of ether oxygens (including phenoxy) is 1. The zero-order valence-corrected chi connectivity index (χ0v) is 23.0. The summed E-state index contributed by atoms with van der Waals surface area (Å²) in [5, 5.41) is 18.4. The molecule has 1 aliphatic carbocycles. The zero-order valence-electron chi connectivity index (χ0n) is 23.0. The van der Waals surface area contributed by atoms with Crippen LogP contribution in [0.5, 0.6) is 0 Å². The molecule has 3 N–H and O–H groups in total. The molecule has 1 saturated heterocycles. The molecule has 0 unspecified atom stereocenters. The van der Waals surface area contributed by atoms with Crippen molar-refractivity contribution >= 4 is 12.0 Å². The maximum atomic E-state index is 13.6. The van der Waals surface area contributed by atoms with Crippen LogP contribution < -0.4 is 10.6 Å². The molecule has 34 heavy (non-hydrogen) atoms. The third-order valence-corrected chi connectivity index (χ3v) is 7.00. The Morgan fingerprint density at radius 2 is 1.62 bits per heavy atom. The number of hydrogen-bond acceptors (Lipinski definition) is 5. The fourth-order valence-electron chi connectivity index (χ4n) is 5.63. The highest BCUT2D eigenvalue weighted by molar-refractivity contribution is 5.85. The first kappa shape index (κ1) is 28.6. The van der Waals surface area contributed by atoms with Crippen LogP contribution in [0.15, 0.2) is 12.2 Å². The smallest absolute Gasteiger partial charge is 0.408 e. The molecule has 1 aliphatic heterocycles. The van der Waals surface area contributed by atoms with Crippen LogP contribution in [0, 0.1) is 11.3 Å². The normalized spacial score (nSPS) is 23.7. The van der Waals surface area contributed by atoms with E-state index in [9.17, 15) is 14.8 Å². The lowest BCUT2D eigenvalue weighted by molar-refractivity contribution is -0.246. The Morgan fingerprint density at radius 1 is 1.09 bits per heavy atom. The van der Waals surface area contributed by atoms with Gasteiger partial charge in [-0.1, -0.05) is 38.8 Å². The monoisotopic (exact) mass is 479 g/mol. The molecule has 0 spiro atoms. The molecule has 7 nitrogen and oxygen atoms in total. The summed E-state index contributed by atoms with van der Waals surface area (Å²) < 4.78 is 5.45. The van der Waals surface area contributed by atoms with E-state index in [1.807, 2.05) is 60.6 Å². The summed E-state index contributed by atoms with van der Waals surface area (Å²) in [5.74, 6) is 0.441. The number of nitrogens with zero attached hydrogens (tertiary/aromatic N) is 1. The molecule has 0 aromatic rings. The van der Waals surface area contributed by atoms with Gasteiger partial charge >= 0.3 is 6.09 Å². The molecule has 1 saturated carbocycles. The summed E-state index contributed by atoms with van der Waals surface area (Å²) in [6.07, 6.45) is 9.39. The molecule has 0 radical (unpaired) electrons. The van der Waals surface area contributed by atoms with E-state index in [2.05, 4.69) is 24.5 Å². The summed E-state index contributed by atoms with van der Waals surface area (Å²) >= 11 is 0. The van der Waals surface area contributed by atoms with Crippen molar-refractivity contribution in [3.63, 3.8) is 0 Å². The van der Waals surface area contributed by atoms with Gasteiger partial charge < -0.3 is 20.6 Å². The van der Waals surface area contributed by atoms with Gasteiger partial charge in [-0.05, 0) is 86.5 Å². The van der Waals surface area contributed by atoms with E-state index in [4.69, 9.17) is 4.74 Å². The van der Waals surface area contributed by atoms with Crippen molar-refractivity contribution in [3.05, 3.63) is 12.2 Å². The third kappa shape index (κ3) is 7.70. The first-order chi connectivity index (χ1) is 15.5. The Hall–Kier alpha value is -1.60. The second kappa shape index (κ2) is 10.6. The van der Waals surface area contributed by atoms with E-state index in [0.717, 1.165) is 32.1 Å². The fourth-order valence-corrected chi connectivity index (χ4v) is 5.63. The minimum Gasteiger partial charge on any atom is -0.444 e. The highest BCUT2D eigenvalue weighted by Crippen LogP contribution is 2.42.